The lowest BCUT2D eigenvalue weighted by atomic mass is 9.97. The zero-order chi connectivity index (χ0) is 10.6. The van der Waals surface area contributed by atoms with Crippen molar-refractivity contribution in [3.05, 3.63) is 35.4 Å². The predicted molar refractivity (Wildman–Crippen MR) is 53.1 cm³/mol. The molecule has 0 aromatic heterocycles. The van der Waals surface area contributed by atoms with Crippen molar-refractivity contribution in [2.75, 3.05) is 0 Å². The van der Waals surface area contributed by atoms with E-state index in [0.717, 1.165) is 0 Å². The lowest BCUT2D eigenvalue weighted by molar-refractivity contribution is 0.190. The molecule has 0 spiro atoms. The van der Waals surface area contributed by atoms with Crippen LogP contribution in [0.4, 0.5) is 8.78 Å². The molecule has 0 aliphatic carbocycles. The van der Waals surface area contributed by atoms with Gasteiger partial charge in [-0.25, -0.2) is 8.78 Å². The summed E-state index contributed by atoms with van der Waals surface area (Å²) in [4.78, 5) is 0. The lowest BCUT2D eigenvalue weighted by Crippen LogP contribution is -2.06. The fourth-order valence-corrected chi connectivity index (χ4v) is 1.02. The van der Waals surface area contributed by atoms with Gasteiger partial charge in [0.15, 0.2) is 0 Å². The van der Waals surface area contributed by atoms with Crippen LogP contribution >= 0.6 is 11.6 Å². The standard InChI is InChI=1S/C10H13ClF2/c1-5-8(11)9(10(12)13)7(4)6(2)3/h5-6,10H,1,4H2,2-3H3/b9-8-. The van der Waals surface area contributed by atoms with Gasteiger partial charge in [0.1, 0.15) is 0 Å². The van der Waals surface area contributed by atoms with Crippen LogP contribution in [0.3, 0.4) is 0 Å². The van der Waals surface area contributed by atoms with Crippen LogP contribution in [0.1, 0.15) is 13.8 Å². The largest absolute Gasteiger partial charge is 0.265 e. The Kier molecular flexibility index (Phi) is 4.92. The van der Waals surface area contributed by atoms with Crippen molar-refractivity contribution < 1.29 is 8.78 Å². The number of allylic oxidation sites excluding steroid dienone is 4. The highest BCUT2D eigenvalue weighted by molar-refractivity contribution is 6.31. The van der Waals surface area contributed by atoms with E-state index >= 15 is 0 Å². The second-order valence-corrected chi connectivity index (χ2v) is 3.35. The minimum atomic E-state index is -2.60. The maximum Gasteiger partial charge on any atom is 0.265 e. The molecule has 0 amide bonds. The Labute approximate surface area is 82.6 Å². The van der Waals surface area contributed by atoms with E-state index in [1.54, 1.807) is 13.8 Å². The van der Waals surface area contributed by atoms with Crippen molar-refractivity contribution in [3.8, 4) is 0 Å². The van der Waals surface area contributed by atoms with Gasteiger partial charge in [0.05, 0.1) is 0 Å². The molecule has 0 aromatic carbocycles. The molecule has 0 rings (SSSR count). The van der Waals surface area contributed by atoms with Crippen molar-refractivity contribution in [1.82, 2.24) is 0 Å². The lowest BCUT2D eigenvalue weighted by Gasteiger charge is -2.14. The first-order valence-electron chi connectivity index (χ1n) is 3.91. The van der Waals surface area contributed by atoms with Gasteiger partial charge in [0, 0.05) is 10.6 Å². The van der Waals surface area contributed by atoms with E-state index in [-0.39, 0.29) is 16.5 Å². The van der Waals surface area contributed by atoms with Crippen LogP contribution in [0.2, 0.25) is 0 Å². The van der Waals surface area contributed by atoms with Crippen molar-refractivity contribution in [2.45, 2.75) is 20.3 Å². The average molecular weight is 207 g/mol. The molecule has 0 fully saturated rings. The molecule has 0 aliphatic rings. The third-order valence-electron chi connectivity index (χ3n) is 1.70. The second-order valence-electron chi connectivity index (χ2n) is 2.95. The van der Waals surface area contributed by atoms with E-state index in [1.807, 2.05) is 0 Å². The molecule has 0 saturated heterocycles. The van der Waals surface area contributed by atoms with Gasteiger partial charge in [-0.15, -0.1) is 0 Å². The summed E-state index contributed by atoms with van der Waals surface area (Å²) in [7, 11) is 0. The van der Waals surface area contributed by atoms with Crippen molar-refractivity contribution in [1.29, 1.82) is 0 Å². The number of hydrogen-bond donors (Lipinski definition) is 0. The molecule has 0 radical (unpaired) electrons. The molecule has 0 unspecified atom stereocenters. The molecular weight excluding hydrogens is 194 g/mol. The average Bonchev–Trinajstić information content (AvgIpc) is 2.03. The number of hydrogen-bond acceptors (Lipinski definition) is 0. The van der Waals surface area contributed by atoms with E-state index in [1.165, 1.54) is 6.08 Å². The van der Waals surface area contributed by atoms with Crippen LogP contribution in [-0.2, 0) is 0 Å². The first-order valence-corrected chi connectivity index (χ1v) is 4.29. The Bertz CT molecular complexity index is 239. The summed E-state index contributed by atoms with van der Waals surface area (Å²) in [5.41, 5.74) is 0.159. The maximum atomic E-state index is 12.5. The van der Waals surface area contributed by atoms with Crippen LogP contribution < -0.4 is 0 Å². The van der Waals surface area contributed by atoms with E-state index in [4.69, 9.17) is 11.6 Å². The summed E-state index contributed by atoms with van der Waals surface area (Å²) >= 11 is 5.59. The van der Waals surface area contributed by atoms with Crippen molar-refractivity contribution in [3.63, 3.8) is 0 Å². The molecule has 0 N–H and O–H groups in total. The van der Waals surface area contributed by atoms with Gasteiger partial charge in [0.25, 0.3) is 6.43 Å². The molecule has 74 valence electrons. The van der Waals surface area contributed by atoms with E-state index in [2.05, 4.69) is 13.2 Å². The third-order valence-corrected chi connectivity index (χ3v) is 2.06. The SMILES string of the molecule is C=C/C(Cl)=C(\C(=C)C(C)C)C(F)F. The Morgan fingerprint density at radius 1 is 1.38 bits per heavy atom. The molecule has 0 heterocycles. The third kappa shape index (κ3) is 3.31. The molecule has 0 nitrogen and oxygen atoms in total. The van der Waals surface area contributed by atoms with Crippen LogP contribution in [-0.4, -0.2) is 6.43 Å². The maximum absolute atomic E-state index is 12.5. The highest BCUT2D eigenvalue weighted by atomic mass is 35.5. The molecule has 3 heteroatoms. The number of rotatable bonds is 4. The predicted octanol–water partition coefficient (Wildman–Crippen LogP) is 4.14. The first-order chi connectivity index (χ1) is 5.91. The highest BCUT2D eigenvalue weighted by Crippen LogP contribution is 2.28. The quantitative estimate of drug-likeness (QED) is 0.607. The van der Waals surface area contributed by atoms with Crippen molar-refractivity contribution in [2.24, 2.45) is 5.92 Å². The van der Waals surface area contributed by atoms with Gasteiger partial charge >= 0.3 is 0 Å². The minimum absolute atomic E-state index is 0.0197. The molecule has 0 saturated carbocycles. The summed E-state index contributed by atoms with van der Waals surface area (Å²) in [5.74, 6) is -0.0438. The van der Waals surface area contributed by atoms with E-state index in [9.17, 15) is 8.78 Å². The minimum Gasteiger partial charge on any atom is -0.205 e. The van der Waals surface area contributed by atoms with Gasteiger partial charge in [0.2, 0.25) is 0 Å². The normalized spacial score (nSPS) is 13.2. The molecule has 0 aliphatic heterocycles. The Hall–Kier alpha value is -0.630. The topological polar surface area (TPSA) is 0 Å². The van der Waals surface area contributed by atoms with Crippen molar-refractivity contribution >= 4 is 11.6 Å². The van der Waals surface area contributed by atoms with Crippen LogP contribution in [0.5, 0.6) is 0 Å². The number of alkyl halides is 2. The summed E-state index contributed by atoms with van der Waals surface area (Å²) in [5, 5.41) is -0.0197. The summed E-state index contributed by atoms with van der Waals surface area (Å²) in [6.07, 6.45) is -1.39. The summed E-state index contributed by atoms with van der Waals surface area (Å²) < 4.78 is 25.0. The second kappa shape index (κ2) is 5.18. The smallest absolute Gasteiger partial charge is 0.205 e. The highest BCUT2D eigenvalue weighted by Gasteiger charge is 2.19. The Morgan fingerprint density at radius 3 is 2.08 bits per heavy atom. The summed E-state index contributed by atoms with van der Waals surface area (Å²) in [6.45, 7) is 10.5. The molecule has 13 heavy (non-hydrogen) atoms. The Morgan fingerprint density at radius 2 is 1.85 bits per heavy atom. The van der Waals surface area contributed by atoms with Crippen LogP contribution in [0.25, 0.3) is 0 Å². The zero-order valence-electron chi connectivity index (χ0n) is 7.78. The molecular formula is C10H13ClF2. The number of halogens is 3. The fraction of sp³-hybridized carbons (Fsp3) is 0.400. The van der Waals surface area contributed by atoms with Gasteiger partial charge in [-0.1, -0.05) is 44.7 Å². The van der Waals surface area contributed by atoms with Gasteiger partial charge in [-0.2, -0.15) is 0 Å². The van der Waals surface area contributed by atoms with Crippen LogP contribution in [0.15, 0.2) is 35.4 Å². The van der Waals surface area contributed by atoms with Crippen LogP contribution in [0, 0.1) is 5.92 Å². The fourth-order valence-electron chi connectivity index (χ4n) is 0.819. The monoisotopic (exact) mass is 206 g/mol. The van der Waals surface area contributed by atoms with Gasteiger partial charge in [-0.05, 0) is 11.5 Å². The van der Waals surface area contributed by atoms with Gasteiger partial charge < -0.3 is 0 Å². The molecule has 0 aromatic rings. The van der Waals surface area contributed by atoms with E-state index < -0.39 is 6.43 Å². The Balaban J connectivity index is 5.05. The molecule has 0 atom stereocenters. The first kappa shape index (κ1) is 12.4. The molecule has 0 bridgehead atoms. The summed E-state index contributed by atoms with van der Waals surface area (Å²) in [6, 6.07) is 0. The zero-order valence-corrected chi connectivity index (χ0v) is 8.54. The van der Waals surface area contributed by atoms with E-state index in [0.29, 0.717) is 5.57 Å². The van der Waals surface area contributed by atoms with Gasteiger partial charge in [-0.3, -0.25) is 0 Å².